The standard InChI is InChI=1S/C36H54N4O8/c1-35(2,3)48-34(44)38-22-25(31(41)37-15-12-24-13-18-46-19-14-24)20-26(23-38)32(42)40(27-8-9-27)28-10-11-30-29(21-28)39(16-7-17-45-6)33(43)36(4,5)47-30/h10-11,21,24-27H,7-9,12-20,22-23H2,1-6H3,(H,37,41)/t25-,26+/m0/s1. The van der Waals surface area contributed by atoms with Crippen LogP contribution in [-0.2, 0) is 28.6 Å². The number of nitrogens with zero attached hydrogens (tertiary/aromatic N) is 3. The molecule has 0 bridgehead atoms. The lowest BCUT2D eigenvalue weighted by Crippen LogP contribution is -2.54. The number of amides is 4. The highest BCUT2D eigenvalue weighted by Crippen LogP contribution is 2.43. The van der Waals surface area contributed by atoms with Crippen LogP contribution in [0.25, 0.3) is 0 Å². The third-order valence-corrected chi connectivity index (χ3v) is 9.53. The van der Waals surface area contributed by atoms with Crippen LogP contribution in [0.2, 0.25) is 0 Å². The molecule has 1 aliphatic carbocycles. The van der Waals surface area contributed by atoms with Gasteiger partial charge in [0.2, 0.25) is 11.8 Å². The Balaban J connectivity index is 1.37. The molecule has 2 saturated heterocycles. The highest BCUT2D eigenvalue weighted by atomic mass is 16.6. The third-order valence-electron chi connectivity index (χ3n) is 9.53. The van der Waals surface area contributed by atoms with Crippen molar-refractivity contribution in [1.29, 1.82) is 0 Å². The van der Waals surface area contributed by atoms with E-state index in [0.717, 1.165) is 45.3 Å². The van der Waals surface area contributed by atoms with Crippen molar-refractivity contribution in [3.63, 3.8) is 0 Å². The molecule has 1 aromatic carbocycles. The molecule has 4 amide bonds. The van der Waals surface area contributed by atoms with Gasteiger partial charge in [0.05, 0.1) is 17.5 Å². The second-order valence-corrected chi connectivity index (χ2v) is 15.2. The van der Waals surface area contributed by atoms with Gasteiger partial charge in [0.25, 0.3) is 5.91 Å². The van der Waals surface area contributed by atoms with Gasteiger partial charge in [-0.05, 0) is 104 Å². The van der Waals surface area contributed by atoms with E-state index in [4.69, 9.17) is 18.9 Å². The smallest absolute Gasteiger partial charge is 0.410 e. The first kappa shape index (κ1) is 35.9. The van der Waals surface area contributed by atoms with E-state index < -0.39 is 29.1 Å². The van der Waals surface area contributed by atoms with Crippen LogP contribution < -0.4 is 19.9 Å². The Labute approximate surface area is 284 Å². The monoisotopic (exact) mass is 670 g/mol. The molecule has 1 N–H and O–H groups in total. The molecule has 3 fully saturated rings. The largest absolute Gasteiger partial charge is 0.476 e. The van der Waals surface area contributed by atoms with E-state index >= 15 is 0 Å². The van der Waals surface area contributed by atoms with Gasteiger partial charge in [-0.2, -0.15) is 0 Å². The molecule has 12 heteroatoms. The number of anilines is 2. The van der Waals surface area contributed by atoms with E-state index in [1.165, 1.54) is 4.90 Å². The highest BCUT2D eigenvalue weighted by Gasteiger charge is 2.45. The first-order valence-corrected chi connectivity index (χ1v) is 17.6. The molecule has 0 spiro atoms. The summed E-state index contributed by atoms with van der Waals surface area (Å²) in [6, 6.07) is 5.55. The zero-order chi connectivity index (χ0) is 34.6. The van der Waals surface area contributed by atoms with E-state index in [9.17, 15) is 19.2 Å². The van der Waals surface area contributed by atoms with Gasteiger partial charge in [-0.25, -0.2) is 4.79 Å². The fourth-order valence-corrected chi connectivity index (χ4v) is 6.86. The van der Waals surface area contributed by atoms with Gasteiger partial charge in [-0.15, -0.1) is 0 Å². The van der Waals surface area contributed by atoms with Gasteiger partial charge >= 0.3 is 6.09 Å². The highest BCUT2D eigenvalue weighted by molar-refractivity contribution is 6.04. The van der Waals surface area contributed by atoms with Crippen LogP contribution in [0.15, 0.2) is 18.2 Å². The van der Waals surface area contributed by atoms with Crippen LogP contribution >= 0.6 is 0 Å². The zero-order valence-corrected chi connectivity index (χ0v) is 29.5. The molecule has 0 unspecified atom stereocenters. The lowest BCUT2D eigenvalue weighted by molar-refractivity contribution is -0.133. The zero-order valence-electron chi connectivity index (χ0n) is 29.5. The molecule has 0 aromatic heterocycles. The predicted molar refractivity (Wildman–Crippen MR) is 181 cm³/mol. The number of nitrogens with one attached hydrogen (secondary N) is 1. The number of rotatable bonds is 11. The molecule has 4 aliphatic rings. The molecule has 12 nitrogen and oxygen atoms in total. The first-order chi connectivity index (χ1) is 22.8. The minimum Gasteiger partial charge on any atom is -0.476 e. The molecule has 1 aromatic rings. The SMILES string of the molecule is COCCCN1C(=O)C(C)(C)Oc2ccc(N(C(=O)[C@@H]3C[C@H](C(=O)NCCC4CCOCC4)CN(C(=O)OC(C)(C)C)C3)C3CC3)cc21. The summed E-state index contributed by atoms with van der Waals surface area (Å²) >= 11 is 0. The van der Waals surface area contributed by atoms with Crippen molar-refractivity contribution in [3.8, 4) is 5.75 Å². The lowest BCUT2D eigenvalue weighted by atomic mass is 9.87. The second-order valence-electron chi connectivity index (χ2n) is 15.2. The number of carbonyl (C=O) groups excluding carboxylic acids is 4. The van der Waals surface area contributed by atoms with E-state index in [-0.39, 0.29) is 36.9 Å². The Morgan fingerprint density at radius 2 is 1.77 bits per heavy atom. The fourth-order valence-electron chi connectivity index (χ4n) is 6.86. The number of carbonyl (C=O) groups is 4. The average Bonchev–Trinajstić information content (AvgIpc) is 3.88. The summed E-state index contributed by atoms with van der Waals surface area (Å²) in [4.78, 5) is 59.9. The van der Waals surface area contributed by atoms with Crippen LogP contribution in [0.4, 0.5) is 16.2 Å². The molecule has 0 radical (unpaired) electrons. The molecule has 3 heterocycles. The van der Waals surface area contributed by atoms with Gasteiger partial charge in [0, 0.05) is 64.8 Å². The Kier molecular flexibility index (Phi) is 11.2. The molecule has 266 valence electrons. The summed E-state index contributed by atoms with van der Waals surface area (Å²) < 4.78 is 22.5. The number of likely N-dealkylation sites (tertiary alicyclic amines) is 1. The van der Waals surface area contributed by atoms with Crippen molar-refractivity contribution < 1.29 is 38.1 Å². The Hall–Kier alpha value is -3.38. The van der Waals surface area contributed by atoms with Crippen molar-refractivity contribution in [2.24, 2.45) is 17.8 Å². The summed E-state index contributed by atoms with van der Waals surface area (Å²) in [6.07, 6.45) is 5.00. The number of hydrogen-bond acceptors (Lipinski definition) is 8. The normalized spacial score (nSPS) is 22.8. The van der Waals surface area contributed by atoms with Crippen LogP contribution in [0.1, 0.15) is 79.6 Å². The van der Waals surface area contributed by atoms with Crippen molar-refractivity contribution >= 4 is 35.2 Å². The molecule has 2 atom stereocenters. The van der Waals surface area contributed by atoms with Gasteiger partial charge in [-0.1, -0.05) is 0 Å². The molecular formula is C36H54N4O8. The van der Waals surface area contributed by atoms with Crippen molar-refractivity contribution in [3.05, 3.63) is 18.2 Å². The summed E-state index contributed by atoms with van der Waals surface area (Å²) in [5, 5.41) is 3.09. The topological polar surface area (TPSA) is 127 Å². The molecule has 48 heavy (non-hydrogen) atoms. The molecule has 5 rings (SSSR count). The Bertz CT molecular complexity index is 1330. The number of benzene rings is 1. The minimum absolute atomic E-state index is 0.00204. The number of ether oxygens (including phenoxy) is 4. The van der Waals surface area contributed by atoms with Gasteiger partial charge < -0.3 is 39.0 Å². The van der Waals surface area contributed by atoms with Crippen LogP contribution in [0, 0.1) is 17.8 Å². The maximum atomic E-state index is 14.5. The van der Waals surface area contributed by atoms with E-state index in [1.807, 2.05) is 18.2 Å². The van der Waals surface area contributed by atoms with Crippen molar-refractivity contribution in [2.45, 2.75) is 96.8 Å². The average molecular weight is 671 g/mol. The quantitative estimate of drug-likeness (QED) is 0.341. The van der Waals surface area contributed by atoms with Gasteiger partial charge in [0.1, 0.15) is 11.4 Å². The van der Waals surface area contributed by atoms with E-state index in [1.54, 1.807) is 51.5 Å². The number of fused-ring (bicyclic) bond motifs is 1. The maximum Gasteiger partial charge on any atom is 0.410 e. The second kappa shape index (κ2) is 15.0. The lowest BCUT2D eigenvalue weighted by Gasteiger charge is -2.40. The summed E-state index contributed by atoms with van der Waals surface area (Å²) in [5.41, 5.74) is -0.462. The van der Waals surface area contributed by atoms with Crippen LogP contribution in [0.3, 0.4) is 0 Å². The minimum atomic E-state index is -1.03. The Morgan fingerprint density at radius 3 is 2.44 bits per heavy atom. The third kappa shape index (κ3) is 8.80. The van der Waals surface area contributed by atoms with Gasteiger partial charge in [0.15, 0.2) is 5.60 Å². The molecule has 1 saturated carbocycles. The fraction of sp³-hybridized carbons (Fsp3) is 0.722. The molecule has 3 aliphatic heterocycles. The predicted octanol–water partition coefficient (Wildman–Crippen LogP) is 4.53. The van der Waals surface area contributed by atoms with Crippen molar-refractivity contribution in [2.75, 3.05) is 62.9 Å². The number of methoxy groups -OCH3 is 1. The number of hydrogen-bond donors (Lipinski definition) is 1. The number of piperidine rings is 1. The van der Waals surface area contributed by atoms with Crippen LogP contribution in [-0.4, -0.2) is 99.1 Å². The summed E-state index contributed by atoms with van der Waals surface area (Å²) in [5.74, 6) is -0.504. The van der Waals surface area contributed by atoms with Crippen molar-refractivity contribution in [1.82, 2.24) is 10.2 Å². The first-order valence-electron chi connectivity index (χ1n) is 17.6. The van der Waals surface area contributed by atoms with E-state index in [2.05, 4.69) is 5.32 Å². The molecular weight excluding hydrogens is 616 g/mol. The van der Waals surface area contributed by atoms with Gasteiger partial charge in [-0.3, -0.25) is 14.4 Å². The van der Waals surface area contributed by atoms with Crippen LogP contribution in [0.5, 0.6) is 5.75 Å². The summed E-state index contributed by atoms with van der Waals surface area (Å²) in [7, 11) is 1.63. The van der Waals surface area contributed by atoms with E-state index in [0.29, 0.717) is 55.6 Å². The Morgan fingerprint density at radius 1 is 1.06 bits per heavy atom. The maximum absolute atomic E-state index is 14.5. The summed E-state index contributed by atoms with van der Waals surface area (Å²) in [6.45, 7) is 12.3.